The van der Waals surface area contributed by atoms with Gasteiger partial charge in [0.25, 0.3) is 5.91 Å². The molecule has 0 aliphatic heterocycles. The van der Waals surface area contributed by atoms with Crippen LogP contribution in [0.25, 0.3) is 0 Å². The molecule has 3 aromatic rings. The van der Waals surface area contributed by atoms with Crippen LogP contribution in [0.15, 0.2) is 83.8 Å². The molecule has 156 valence electrons. The lowest BCUT2D eigenvalue weighted by Gasteiger charge is -2.16. The summed E-state index contributed by atoms with van der Waals surface area (Å²) < 4.78 is 26.3. The summed E-state index contributed by atoms with van der Waals surface area (Å²) in [6.45, 7) is 0.134. The highest BCUT2D eigenvalue weighted by atomic mass is 32.2. The maximum Gasteiger partial charge on any atom is 0.251 e. The molecule has 0 saturated heterocycles. The highest BCUT2D eigenvalue weighted by Crippen LogP contribution is 2.19. The monoisotopic (exact) mass is 422 g/mol. The van der Waals surface area contributed by atoms with E-state index in [9.17, 15) is 13.2 Å². The molecule has 0 aromatic heterocycles. The number of carbonyl (C=O) groups excluding carboxylic acids is 1. The van der Waals surface area contributed by atoms with Crippen LogP contribution in [0.4, 0.5) is 0 Å². The fraction of sp³-hybridized carbons (Fsp3) is 0.208. The second kappa shape index (κ2) is 9.69. The van der Waals surface area contributed by atoms with Crippen molar-refractivity contribution in [2.45, 2.75) is 24.3 Å². The lowest BCUT2D eigenvalue weighted by Crippen LogP contribution is -2.27. The zero-order valence-corrected chi connectivity index (χ0v) is 18.0. The van der Waals surface area contributed by atoms with Gasteiger partial charge < -0.3 is 5.32 Å². The molecule has 0 atom stereocenters. The average molecular weight is 423 g/mol. The summed E-state index contributed by atoms with van der Waals surface area (Å²) in [6.07, 6.45) is 1.59. The minimum atomic E-state index is -3.59. The molecule has 3 aromatic carbocycles. The van der Waals surface area contributed by atoms with Crippen molar-refractivity contribution < 1.29 is 13.2 Å². The Balaban J connectivity index is 1.74. The molecule has 0 unspecified atom stereocenters. The number of hydrogen-bond donors (Lipinski definition) is 1. The van der Waals surface area contributed by atoms with Crippen molar-refractivity contribution in [3.8, 4) is 0 Å². The molecule has 0 aliphatic carbocycles. The molecule has 30 heavy (non-hydrogen) atoms. The van der Waals surface area contributed by atoms with E-state index < -0.39 is 10.0 Å². The summed E-state index contributed by atoms with van der Waals surface area (Å²) in [4.78, 5) is 13.1. The molecule has 0 heterocycles. The van der Waals surface area contributed by atoms with E-state index in [1.54, 1.807) is 30.3 Å². The quantitative estimate of drug-likeness (QED) is 0.603. The third-order valence-electron chi connectivity index (χ3n) is 4.96. The molecule has 5 nitrogen and oxygen atoms in total. The zero-order valence-electron chi connectivity index (χ0n) is 17.2. The summed E-state index contributed by atoms with van der Waals surface area (Å²) in [5, 5.41) is 2.88. The van der Waals surface area contributed by atoms with Crippen LogP contribution in [0.1, 0.15) is 27.0 Å². The smallest absolute Gasteiger partial charge is 0.251 e. The Morgan fingerprint density at radius 1 is 0.800 bits per heavy atom. The maximum atomic E-state index is 12.9. The number of hydrogen-bond acceptors (Lipinski definition) is 3. The SMILES string of the molecule is CN(C)S(=O)(=O)c1ccccc1CNC(=O)c1ccccc1CCc1ccccc1. The largest absolute Gasteiger partial charge is 0.348 e. The summed E-state index contributed by atoms with van der Waals surface area (Å²) in [5.41, 5.74) is 3.35. The van der Waals surface area contributed by atoms with Gasteiger partial charge >= 0.3 is 0 Å². The van der Waals surface area contributed by atoms with Gasteiger partial charge in [-0.1, -0.05) is 66.7 Å². The first-order valence-electron chi connectivity index (χ1n) is 9.80. The van der Waals surface area contributed by atoms with Crippen LogP contribution < -0.4 is 5.32 Å². The van der Waals surface area contributed by atoms with E-state index in [1.807, 2.05) is 36.4 Å². The van der Waals surface area contributed by atoms with Gasteiger partial charge in [-0.3, -0.25) is 4.79 Å². The molecule has 1 amide bonds. The summed E-state index contributed by atoms with van der Waals surface area (Å²) in [7, 11) is -0.598. The summed E-state index contributed by atoms with van der Waals surface area (Å²) >= 11 is 0. The fourth-order valence-corrected chi connectivity index (χ4v) is 4.37. The van der Waals surface area contributed by atoms with Crippen LogP contribution in [0.2, 0.25) is 0 Å². The molecule has 0 radical (unpaired) electrons. The Labute approximate surface area is 178 Å². The van der Waals surface area contributed by atoms with Crippen molar-refractivity contribution in [2.24, 2.45) is 0 Å². The molecular weight excluding hydrogens is 396 g/mol. The Hall–Kier alpha value is -2.96. The Morgan fingerprint density at radius 2 is 1.40 bits per heavy atom. The van der Waals surface area contributed by atoms with Crippen LogP contribution in [-0.4, -0.2) is 32.7 Å². The van der Waals surface area contributed by atoms with Crippen LogP contribution in [0.5, 0.6) is 0 Å². The van der Waals surface area contributed by atoms with Gasteiger partial charge in [0.05, 0.1) is 4.90 Å². The second-order valence-corrected chi connectivity index (χ2v) is 9.34. The van der Waals surface area contributed by atoms with E-state index in [2.05, 4.69) is 17.4 Å². The fourth-order valence-electron chi connectivity index (χ4n) is 3.25. The van der Waals surface area contributed by atoms with Gasteiger partial charge in [0, 0.05) is 26.2 Å². The lowest BCUT2D eigenvalue weighted by atomic mass is 9.99. The summed E-state index contributed by atoms with van der Waals surface area (Å²) in [5.74, 6) is -0.212. The number of aryl methyl sites for hydroxylation is 2. The van der Waals surface area contributed by atoms with Gasteiger partial charge in [-0.2, -0.15) is 0 Å². The van der Waals surface area contributed by atoms with E-state index in [0.29, 0.717) is 11.1 Å². The van der Waals surface area contributed by atoms with Gasteiger partial charge in [-0.15, -0.1) is 0 Å². The molecular formula is C24H26N2O3S. The number of benzene rings is 3. The first kappa shape index (κ1) is 21.7. The van der Waals surface area contributed by atoms with E-state index >= 15 is 0 Å². The number of amides is 1. The molecule has 0 spiro atoms. The van der Waals surface area contributed by atoms with Gasteiger partial charge in [0.2, 0.25) is 10.0 Å². The van der Waals surface area contributed by atoms with Crippen molar-refractivity contribution in [1.29, 1.82) is 0 Å². The van der Waals surface area contributed by atoms with Crippen LogP contribution >= 0.6 is 0 Å². The first-order valence-corrected chi connectivity index (χ1v) is 11.2. The molecule has 6 heteroatoms. The summed E-state index contributed by atoms with van der Waals surface area (Å²) in [6, 6.07) is 24.4. The van der Waals surface area contributed by atoms with Gasteiger partial charge in [0.15, 0.2) is 0 Å². The third-order valence-corrected chi connectivity index (χ3v) is 6.87. The van der Waals surface area contributed by atoms with E-state index in [4.69, 9.17) is 0 Å². The maximum absolute atomic E-state index is 12.9. The highest BCUT2D eigenvalue weighted by molar-refractivity contribution is 7.89. The number of rotatable bonds is 8. The Kier molecular flexibility index (Phi) is 7.03. The van der Waals surface area contributed by atoms with E-state index in [0.717, 1.165) is 18.4 Å². The van der Waals surface area contributed by atoms with Crippen molar-refractivity contribution >= 4 is 15.9 Å². The van der Waals surface area contributed by atoms with E-state index in [-0.39, 0.29) is 17.3 Å². The number of nitrogens with one attached hydrogen (secondary N) is 1. The van der Waals surface area contributed by atoms with Crippen molar-refractivity contribution in [3.63, 3.8) is 0 Å². The Morgan fingerprint density at radius 3 is 2.10 bits per heavy atom. The van der Waals surface area contributed by atoms with Gasteiger partial charge in [-0.05, 0) is 41.7 Å². The second-order valence-electron chi connectivity index (χ2n) is 7.22. The molecule has 0 saturated carbocycles. The van der Waals surface area contributed by atoms with Crippen molar-refractivity contribution in [2.75, 3.05) is 14.1 Å². The molecule has 0 bridgehead atoms. The van der Waals surface area contributed by atoms with Gasteiger partial charge in [-0.25, -0.2) is 12.7 Å². The minimum Gasteiger partial charge on any atom is -0.348 e. The number of carbonyl (C=O) groups is 1. The molecule has 0 fully saturated rings. The van der Waals surface area contributed by atoms with E-state index in [1.165, 1.54) is 24.0 Å². The van der Waals surface area contributed by atoms with Crippen LogP contribution in [0.3, 0.4) is 0 Å². The Bertz CT molecular complexity index is 1110. The average Bonchev–Trinajstić information content (AvgIpc) is 2.77. The normalized spacial score (nSPS) is 11.4. The molecule has 1 N–H and O–H groups in total. The van der Waals surface area contributed by atoms with Crippen molar-refractivity contribution in [3.05, 3.63) is 101 Å². The van der Waals surface area contributed by atoms with Crippen LogP contribution in [0, 0.1) is 0 Å². The van der Waals surface area contributed by atoms with Crippen molar-refractivity contribution in [1.82, 2.24) is 9.62 Å². The number of sulfonamides is 1. The topological polar surface area (TPSA) is 66.5 Å². The predicted molar refractivity (Wildman–Crippen MR) is 119 cm³/mol. The minimum absolute atomic E-state index is 0.134. The zero-order chi connectivity index (χ0) is 21.6. The molecule has 3 rings (SSSR count). The highest BCUT2D eigenvalue weighted by Gasteiger charge is 2.21. The molecule has 0 aliphatic rings. The predicted octanol–water partition coefficient (Wildman–Crippen LogP) is 3.65. The van der Waals surface area contributed by atoms with Crippen LogP contribution in [-0.2, 0) is 29.4 Å². The lowest BCUT2D eigenvalue weighted by molar-refractivity contribution is 0.0949. The standard InChI is InChI=1S/C24H26N2O3S/c1-26(2)30(28,29)23-15-9-7-13-21(23)18-25-24(27)22-14-8-6-12-20(22)17-16-19-10-4-3-5-11-19/h3-15H,16-18H2,1-2H3,(H,25,27). The number of nitrogens with zero attached hydrogens (tertiary/aromatic N) is 1. The van der Waals surface area contributed by atoms with Gasteiger partial charge in [0.1, 0.15) is 0 Å². The third kappa shape index (κ3) is 5.14. The first-order chi connectivity index (χ1) is 14.4.